The number of nitrogens with one attached hydrogen (secondary N) is 1. The average Bonchev–Trinajstić information content (AvgIpc) is 1.81. The summed E-state index contributed by atoms with van der Waals surface area (Å²) in [5, 5.41) is 10.0. The van der Waals surface area contributed by atoms with Gasteiger partial charge in [0.2, 0.25) is 0 Å². The molecule has 66 valence electrons. The van der Waals surface area contributed by atoms with Gasteiger partial charge >= 0.3 is 16.0 Å². The second-order valence-electron chi connectivity index (χ2n) is 1.47. The van der Waals surface area contributed by atoms with E-state index in [4.69, 9.17) is 14.9 Å². The van der Waals surface area contributed by atoms with Crippen LogP contribution < -0.4 is 5.09 Å². The fourth-order valence-corrected chi connectivity index (χ4v) is 1.69. The van der Waals surface area contributed by atoms with E-state index in [1.54, 1.807) is 0 Å². The highest BCUT2D eigenvalue weighted by molar-refractivity contribution is 7.58. The van der Waals surface area contributed by atoms with E-state index >= 15 is 0 Å². The second-order valence-corrected chi connectivity index (χ2v) is 3.96. The van der Waals surface area contributed by atoms with Crippen molar-refractivity contribution in [2.24, 2.45) is 0 Å². The number of aliphatic hydroxyl groups is 1. The molecule has 2 atom stereocenters. The third kappa shape index (κ3) is 6.52. The highest BCUT2D eigenvalue weighted by Crippen LogP contribution is 2.45. The molecule has 11 heavy (non-hydrogen) atoms. The van der Waals surface area contributed by atoms with Gasteiger partial charge < -0.3 is 10.00 Å². The SMILES string of the molecule is O=[P+](O)OP(=O)(O)NCCO. The van der Waals surface area contributed by atoms with E-state index < -0.39 is 16.0 Å². The summed E-state index contributed by atoms with van der Waals surface area (Å²) in [6.45, 7) is -0.549. The summed E-state index contributed by atoms with van der Waals surface area (Å²) in [6.07, 6.45) is 0. The van der Waals surface area contributed by atoms with Crippen LogP contribution in [0, 0.1) is 0 Å². The molecule has 0 bridgehead atoms. The Morgan fingerprint density at radius 1 is 1.64 bits per heavy atom. The van der Waals surface area contributed by atoms with Gasteiger partial charge in [-0.1, -0.05) is 0 Å². The lowest BCUT2D eigenvalue weighted by Crippen LogP contribution is -2.14. The zero-order chi connectivity index (χ0) is 8.91. The van der Waals surface area contributed by atoms with Gasteiger partial charge in [0.15, 0.2) is 0 Å². The maximum Gasteiger partial charge on any atom is 0.704 e. The van der Waals surface area contributed by atoms with E-state index in [9.17, 15) is 9.13 Å². The molecule has 0 saturated heterocycles. The summed E-state index contributed by atoms with van der Waals surface area (Å²) < 4.78 is 24.1. The van der Waals surface area contributed by atoms with Crippen LogP contribution in [0.5, 0.6) is 0 Å². The van der Waals surface area contributed by atoms with Crippen LogP contribution in [0.15, 0.2) is 0 Å². The molecule has 0 saturated carbocycles. The standard InChI is InChI=1S/C2H7NO6P2/c4-2-1-3-11(7,8)9-10(5)6/h4H,1-2H2,(H2-,3,5,6,7,8)/p+1. The van der Waals surface area contributed by atoms with Gasteiger partial charge in [-0.15, -0.1) is 4.89 Å². The van der Waals surface area contributed by atoms with Crippen molar-refractivity contribution in [2.45, 2.75) is 0 Å². The van der Waals surface area contributed by atoms with E-state index in [2.05, 4.69) is 4.31 Å². The van der Waals surface area contributed by atoms with Gasteiger partial charge in [0.25, 0.3) is 0 Å². The molecule has 0 amide bonds. The predicted octanol–water partition coefficient (Wildman–Crippen LogP) is -0.665. The Balaban J connectivity index is 3.80. The average molecular weight is 204 g/mol. The van der Waals surface area contributed by atoms with Gasteiger partial charge in [-0.25, -0.2) is 9.65 Å². The maximum atomic E-state index is 10.6. The minimum absolute atomic E-state index is 0.184. The van der Waals surface area contributed by atoms with Crippen LogP contribution in [0.3, 0.4) is 0 Å². The Kier molecular flexibility index (Phi) is 4.96. The van der Waals surface area contributed by atoms with Crippen molar-refractivity contribution < 1.29 is 28.3 Å². The van der Waals surface area contributed by atoms with Crippen LogP contribution in [-0.2, 0) is 13.4 Å². The van der Waals surface area contributed by atoms with Crippen molar-refractivity contribution >= 4 is 16.0 Å². The summed E-state index contributed by atoms with van der Waals surface area (Å²) in [7, 11) is -7.32. The van der Waals surface area contributed by atoms with Crippen LogP contribution in [0.4, 0.5) is 0 Å². The molecular weight excluding hydrogens is 196 g/mol. The van der Waals surface area contributed by atoms with Crippen molar-refractivity contribution in [1.29, 1.82) is 0 Å². The van der Waals surface area contributed by atoms with Gasteiger partial charge in [-0.2, -0.15) is 0 Å². The maximum absolute atomic E-state index is 10.6. The lowest BCUT2D eigenvalue weighted by molar-refractivity contribution is 0.288. The first-order valence-electron chi connectivity index (χ1n) is 2.52. The minimum atomic E-state index is -4.21. The molecule has 0 aliphatic carbocycles. The predicted molar refractivity (Wildman–Crippen MR) is 35.8 cm³/mol. The number of aliphatic hydroxyl groups excluding tert-OH is 1. The summed E-state index contributed by atoms with van der Waals surface area (Å²) in [6, 6.07) is 0. The highest BCUT2D eigenvalue weighted by atomic mass is 31.2. The first-order valence-corrected chi connectivity index (χ1v) is 5.23. The molecule has 0 spiro atoms. The molecule has 0 aromatic carbocycles. The molecule has 0 radical (unpaired) electrons. The van der Waals surface area contributed by atoms with Crippen molar-refractivity contribution in [3.63, 3.8) is 0 Å². The fraction of sp³-hybridized carbons (Fsp3) is 1.00. The second kappa shape index (κ2) is 4.90. The minimum Gasteiger partial charge on any atom is -0.395 e. The van der Waals surface area contributed by atoms with Gasteiger partial charge in [0.05, 0.1) is 6.61 Å². The van der Waals surface area contributed by atoms with E-state index in [0.717, 1.165) is 0 Å². The van der Waals surface area contributed by atoms with Crippen LogP contribution in [-0.4, -0.2) is 28.0 Å². The van der Waals surface area contributed by atoms with Crippen LogP contribution >= 0.6 is 16.0 Å². The van der Waals surface area contributed by atoms with Crippen molar-refractivity contribution in [3.05, 3.63) is 0 Å². The van der Waals surface area contributed by atoms with E-state index in [1.165, 1.54) is 0 Å². The Hall–Kier alpha value is 0.130. The number of hydrogen-bond acceptors (Lipinski definition) is 4. The Morgan fingerprint density at radius 2 is 2.18 bits per heavy atom. The fourth-order valence-electron chi connectivity index (χ4n) is 0.315. The molecule has 0 aliphatic rings. The summed E-state index contributed by atoms with van der Waals surface area (Å²) in [4.78, 5) is 16.6. The Morgan fingerprint density at radius 3 is 2.55 bits per heavy atom. The molecule has 0 fully saturated rings. The number of rotatable bonds is 5. The summed E-state index contributed by atoms with van der Waals surface area (Å²) >= 11 is 0. The zero-order valence-electron chi connectivity index (χ0n) is 5.38. The van der Waals surface area contributed by atoms with E-state index in [1.807, 2.05) is 5.09 Å². The van der Waals surface area contributed by atoms with Crippen LogP contribution in [0.25, 0.3) is 0 Å². The van der Waals surface area contributed by atoms with Gasteiger partial charge in [0, 0.05) is 11.1 Å². The lowest BCUT2D eigenvalue weighted by atomic mass is 10.8. The molecule has 0 heterocycles. The van der Waals surface area contributed by atoms with Gasteiger partial charge in [0.1, 0.15) is 0 Å². The van der Waals surface area contributed by atoms with Crippen molar-refractivity contribution in [2.75, 3.05) is 13.2 Å². The third-order valence-electron chi connectivity index (χ3n) is 0.604. The first kappa shape index (κ1) is 11.1. The van der Waals surface area contributed by atoms with Crippen LogP contribution in [0.1, 0.15) is 0 Å². The van der Waals surface area contributed by atoms with Crippen molar-refractivity contribution in [1.82, 2.24) is 5.09 Å². The van der Waals surface area contributed by atoms with Crippen molar-refractivity contribution in [3.8, 4) is 0 Å². The van der Waals surface area contributed by atoms with E-state index in [0.29, 0.717) is 0 Å². The van der Waals surface area contributed by atoms with Crippen LogP contribution in [0.2, 0.25) is 0 Å². The molecule has 0 rings (SSSR count). The first-order chi connectivity index (χ1) is 4.98. The van der Waals surface area contributed by atoms with E-state index in [-0.39, 0.29) is 13.2 Å². The number of hydrogen-bond donors (Lipinski definition) is 4. The zero-order valence-corrected chi connectivity index (χ0v) is 7.16. The Bertz CT molecular complexity index is 181. The molecule has 7 nitrogen and oxygen atoms in total. The highest BCUT2D eigenvalue weighted by Gasteiger charge is 2.31. The quantitative estimate of drug-likeness (QED) is 0.439. The van der Waals surface area contributed by atoms with Gasteiger partial charge in [-0.3, -0.25) is 0 Å². The monoisotopic (exact) mass is 204 g/mol. The van der Waals surface area contributed by atoms with Gasteiger partial charge in [-0.05, 0) is 4.31 Å². The molecule has 9 heteroatoms. The molecule has 0 aliphatic heterocycles. The molecule has 0 aromatic rings. The third-order valence-corrected chi connectivity index (χ3v) is 2.67. The molecule has 2 unspecified atom stereocenters. The summed E-state index contributed by atoms with van der Waals surface area (Å²) in [5.41, 5.74) is 0. The smallest absolute Gasteiger partial charge is 0.395 e. The normalized spacial score (nSPS) is 17.5. The molecular formula is C2H8NO6P2+. The topological polar surface area (TPSA) is 116 Å². The largest absolute Gasteiger partial charge is 0.704 e. The lowest BCUT2D eigenvalue weighted by Gasteiger charge is -2.02. The Labute approximate surface area is 63.5 Å². The summed E-state index contributed by atoms with van der Waals surface area (Å²) in [5.74, 6) is 0. The molecule has 4 N–H and O–H groups in total. The molecule has 0 aromatic heterocycles.